The molecule has 2 amide bonds. The molecule has 1 fully saturated rings. The minimum absolute atomic E-state index is 0.000907. The highest BCUT2D eigenvalue weighted by molar-refractivity contribution is 9.10. The predicted molar refractivity (Wildman–Crippen MR) is 98.9 cm³/mol. The minimum atomic E-state index is -0.0327. The summed E-state index contributed by atoms with van der Waals surface area (Å²) in [4.78, 5) is 28.7. The Kier molecular flexibility index (Phi) is 5.38. The summed E-state index contributed by atoms with van der Waals surface area (Å²) in [6.45, 7) is 2.12. The summed E-state index contributed by atoms with van der Waals surface area (Å²) in [7, 11) is 1.58. The van der Waals surface area contributed by atoms with E-state index >= 15 is 0 Å². The molecule has 2 aromatic rings. The van der Waals surface area contributed by atoms with Gasteiger partial charge in [0.15, 0.2) is 0 Å². The first-order valence-corrected chi connectivity index (χ1v) is 8.86. The summed E-state index contributed by atoms with van der Waals surface area (Å²) in [5.41, 5.74) is 1.27. The number of methoxy groups -OCH3 is 1. The van der Waals surface area contributed by atoms with Crippen LogP contribution in [0.1, 0.15) is 20.7 Å². The van der Waals surface area contributed by atoms with Crippen LogP contribution < -0.4 is 4.74 Å². The molecule has 2 aromatic carbocycles. The largest absolute Gasteiger partial charge is 0.497 e. The molecule has 0 aliphatic carbocycles. The van der Waals surface area contributed by atoms with E-state index < -0.39 is 0 Å². The Labute approximate surface area is 155 Å². The second kappa shape index (κ2) is 7.70. The van der Waals surface area contributed by atoms with Gasteiger partial charge in [0.05, 0.1) is 7.11 Å². The number of halogens is 1. The fraction of sp³-hybridized carbons (Fsp3) is 0.263. The summed E-state index contributed by atoms with van der Waals surface area (Å²) in [6.07, 6.45) is 0. The predicted octanol–water partition coefficient (Wildman–Crippen LogP) is 3.06. The van der Waals surface area contributed by atoms with Gasteiger partial charge in [0, 0.05) is 41.8 Å². The van der Waals surface area contributed by atoms with Crippen LogP contribution in [0.4, 0.5) is 0 Å². The molecule has 0 atom stereocenters. The fourth-order valence-corrected chi connectivity index (χ4v) is 3.09. The molecule has 1 heterocycles. The van der Waals surface area contributed by atoms with E-state index in [0.29, 0.717) is 43.1 Å². The van der Waals surface area contributed by atoms with Gasteiger partial charge in [0.2, 0.25) is 0 Å². The number of carbonyl (C=O) groups is 2. The van der Waals surface area contributed by atoms with Crippen molar-refractivity contribution in [2.75, 3.05) is 33.3 Å². The number of ether oxygens (including phenoxy) is 1. The zero-order valence-corrected chi connectivity index (χ0v) is 15.5. The number of nitrogens with zero attached hydrogens (tertiary/aromatic N) is 2. The maximum absolute atomic E-state index is 12.6. The lowest BCUT2D eigenvalue weighted by molar-refractivity contribution is 0.0535. The molecule has 1 saturated heterocycles. The van der Waals surface area contributed by atoms with E-state index in [1.165, 1.54) is 0 Å². The van der Waals surface area contributed by atoms with E-state index in [4.69, 9.17) is 4.74 Å². The fourth-order valence-electron chi connectivity index (χ4n) is 2.83. The van der Waals surface area contributed by atoms with Crippen molar-refractivity contribution < 1.29 is 14.3 Å². The maximum atomic E-state index is 12.6. The molecule has 1 aliphatic rings. The van der Waals surface area contributed by atoms with Gasteiger partial charge in [0.1, 0.15) is 5.75 Å². The van der Waals surface area contributed by atoms with Gasteiger partial charge in [-0.05, 0) is 42.5 Å². The van der Waals surface area contributed by atoms with Crippen LogP contribution in [0.3, 0.4) is 0 Å². The van der Waals surface area contributed by atoms with Crippen LogP contribution in [0.2, 0.25) is 0 Å². The number of piperazine rings is 1. The molecule has 0 N–H and O–H groups in total. The highest BCUT2D eigenvalue weighted by Crippen LogP contribution is 2.17. The molecule has 0 bridgehead atoms. The van der Waals surface area contributed by atoms with E-state index in [0.717, 1.165) is 4.47 Å². The average Bonchev–Trinajstić information content (AvgIpc) is 2.67. The van der Waals surface area contributed by atoms with Gasteiger partial charge in [-0.25, -0.2) is 0 Å². The van der Waals surface area contributed by atoms with Crippen molar-refractivity contribution in [3.05, 3.63) is 64.1 Å². The van der Waals surface area contributed by atoms with E-state index in [1.807, 2.05) is 18.2 Å². The van der Waals surface area contributed by atoms with Crippen LogP contribution in [-0.4, -0.2) is 54.9 Å². The first kappa shape index (κ1) is 17.5. The van der Waals surface area contributed by atoms with E-state index in [2.05, 4.69) is 15.9 Å². The standard InChI is InChI=1S/C19H19BrN2O3/c1-25-17-4-2-3-15(13-17)19(24)22-11-9-21(10-12-22)18(23)14-5-7-16(20)8-6-14/h2-8,13H,9-12H2,1H3. The smallest absolute Gasteiger partial charge is 0.254 e. The maximum Gasteiger partial charge on any atom is 0.254 e. The van der Waals surface area contributed by atoms with E-state index in [1.54, 1.807) is 47.2 Å². The summed E-state index contributed by atoms with van der Waals surface area (Å²) in [5, 5.41) is 0. The molecule has 0 aromatic heterocycles. The summed E-state index contributed by atoms with van der Waals surface area (Å²) >= 11 is 3.37. The SMILES string of the molecule is COc1cccc(C(=O)N2CCN(C(=O)c3ccc(Br)cc3)CC2)c1. The zero-order valence-electron chi connectivity index (χ0n) is 13.9. The van der Waals surface area contributed by atoms with Crippen molar-refractivity contribution in [2.24, 2.45) is 0 Å². The number of hydrogen-bond donors (Lipinski definition) is 0. The molecule has 0 spiro atoms. The third-order valence-corrected chi connectivity index (χ3v) is 4.79. The Hall–Kier alpha value is -2.34. The van der Waals surface area contributed by atoms with Crippen molar-refractivity contribution in [2.45, 2.75) is 0 Å². The lowest BCUT2D eigenvalue weighted by atomic mass is 10.1. The molecule has 5 nitrogen and oxygen atoms in total. The summed E-state index contributed by atoms with van der Waals surface area (Å²) < 4.78 is 6.11. The Balaban J connectivity index is 1.62. The Morgan fingerprint density at radius 3 is 2.00 bits per heavy atom. The highest BCUT2D eigenvalue weighted by atomic mass is 79.9. The second-order valence-corrected chi connectivity index (χ2v) is 6.74. The molecule has 0 saturated carbocycles. The van der Waals surface area contributed by atoms with E-state index in [9.17, 15) is 9.59 Å². The van der Waals surface area contributed by atoms with Crippen LogP contribution >= 0.6 is 15.9 Å². The van der Waals surface area contributed by atoms with Gasteiger partial charge >= 0.3 is 0 Å². The summed E-state index contributed by atoms with van der Waals surface area (Å²) in [6, 6.07) is 14.5. The number of carbonyl (C=O) groups excluding carboxylic acids is 2. The van der Waals surface area contributed by atoms with Crippen molar-refractivity contribution in [3.63, 3.8) is 0 Å². The third kappa shape index (κ3) is 4.02. The van der Waals surface area contributed by atoms with E-state index in [-0.39, 0.29) is 11.8 Å². The van der Waals surface area contributed by atoms with Crippen LogP contribution in [0.15, 0.2) is 53.0 Å². The second-order valence-electron chi connectivity index (χ2n) is 5.82. The summed E-state index contributed by atoms with van der Waals surface area (Å²) in [5.74, 6) is 0.630. The molecule has 0 unspecified atom stereocenters. The lowest BCUT2D eigenvalue weighted by Crippen LogP contribution is -2.50. The first-order chi connectivity index (χ1) is 12.1. The molecule has 130 valence electrons. The van der Waals surface area contributed by atoms with Crippen LogP contribution in [0.5, 0.6) is 5.75 Å². The number of rotatable bonds is 3. The molecule has 6 heteroatoms. The van der Waals surface area contributed by atoms with Gasteiger partial charge in [-0.2, -0.15) is 0 Å². The Bertz CT molecular complexity index is 768. The van der Waals surface area contributed by atoms with Gasteiger partial charge in [-0.3, -0.25) is 9.59 Å². The number of hydrogen-bond acceptors (Lipinski definition) is 3. The molecule has 1 aliphatic heterocycles. The van der Waals surface area contributed by atoms with Crippen molar-refractivity contribution in [1.82, 2.24) is 9.80 Å². The Morgan fingerprint density at radius 2 is 1.44 bits per heavy atom. The van der Waals surface area contributed by atoms with Crippen LogP contribution in [0.25, 0.3) is 0 Å². The molecular weight excluding hydrogens is 384 g/mol. The van der Waals surface area contributed by atoms with Gasteiger partial charge in [-0.15, -0.1) is 0 Å². The van der Waals surface area contributed by atoms with Gasteiger partial charge < -0.3 is 14.5 Å². The molecule has 3 rings (SSSR count). The van der Waals surface area contributed by atoms with Gasteiger partial charge in [0.25, 0.3) is 11.8 Å². The lowest BCUT2D eigenvalue weighted by Gasteiger charge is -2.35. The zero-order chi connectivity index (χ0) is 17.8. The Morgan fingerprint density at radius 1 is 0.880 bits per heavy atom. The first-order valence-electron chi connectivity index (χ1n) is 8.06. The van der Waals surface area contributed by atoms with Crippen molar-refractivity contribution >= 4 is 27.7 Å². The minimum Gasteiger partial charge on any atom is -0.497 e. The average molecular weight is 403 g/mol. The van der Waals surface area contributed by atoms with Crippen LogP contribution in [0, 0.1) is 0 Å². The van der Waals surface area contributed by atoms with Crippen molar-refractivity contribution in [3.8, 4) is 5.75 Å². The highest BCUT2D eigenvalue weighted by Gasteiger charge is 2.25. The normalized spacial score (nSPS) is 14.3. The molecule has 0 radical (unpaired) electrons. The molecule has 25 heavy (non-hydrogen) atoms. The topological polar surface area (TPSA) is 49.9 Å². The van der Waals surface area contributed by atoms with Crippen LogP contribution in [-0.2, 0) is 0 Å². The molecular formula is C19H19BrN2O3. The number of amides is 2. The third-order valence-electron chi connectivity index (χ3n) is 4.26. The van der Waals surface area contributed by atoms with Gasteiger partial charge in [-0.1, -0.05) is 22.0 Å². The van der Waals surface area contributed by atoms with Crippen molar-refractivity contribution in [1.29, 1.82) is 0 Å². The monoisotopic (exact) mass is 402 g/mol. The quantitative estimate of drug-likeness (QED) is 0.792. The number of benzene rings is 2.